The molecule has 3 N–H and O–H groups in total. The molecule has 2 rings (SSSR count). The van der Waals surface area contributed by atoms with E-state index < -0.39 is 35.6 Å². The molecule has 0 spiro atoms. The van der Waals surface area contributed by atoms with Gasteiger partial charge in [-0.1, -0.05) is 76.4 Å². The number of phenolic OH excluding ortho intramolecular Hbond substituents is 1. The van der Waals surface area contributed by atoms with Crippen LogP contribution in [0.2, 0.25) is 0 Å². The van der Waals surface area contributed by atoms with Crippen molar-refractivity contribution in [1.82, 2.24) is 10.2 Å². The maximum Gasteiger partial charge on any atom is 0.408 e. The number of hydrogen-bond donors (Lipinski definition) is 3. The number of nitrogens with zero attached hydrogens (tertiary/aromatic N) is 1. The third kappa shape index (κ3) is 9.51. The summed E-state index contributed by atoms with van der Waals surface area (Å²) in [5.74, 6) is -1.18. The van der Waals surface area contributed by atoms with Crippen LogP contribution in [-0.4, -0.2) is 46.1 Å². The Morgan fingerprint density at radius 3 is 2.07 bits per heavy atom. The molecule has 3 amide bonds. The molecule has 0 fully saturated rings. The van der Waals surface area contributed by atoms with Gasteiger partial charge in [-0.2, -0.15) is 0 Å². The van der Waals surface area contributed by atoms with Crippen molar-refractivity contribution in [1.29, 1.82) is 0 Å². The Balaban J connectivity index is 2.63. The number of para-hydroxylation sites is 2. The summed E-state index contributed by atoms with van der Waals surface area (Å²) in [6, 6.07) is 8.86. The molecule has 2 aromatic carbocycles. The van der Waals surface area contributed by atoms with Gasteiger partial charge in [-0.15, -0.1) is 0 Å². The minimum absolute atomic E-state index is 0.0401. The lowest BCUT2D eigenvalue weighted by molar-refractivity contribution is -0.141. The highest BCUT2D eigenvalue weighted by Gasteiger charge is 2.38. The molecule has 0 saturated heterocycles. The highest BCUT2D eigenvalue weighted by atomic mass is 16.6. The molecule has 0 aliphatic rings. The number of rotatable bonds is 12. The zero-order chi connectivity index (χ0) is 30.9. The van der Waals surface area contributed by atoms with Crippen LogP contribution in [0.3, 0.4) is 0 Å². The van der Waals surface area contributed by atoms with Gasteiger partial charge < -0.3 is 25.4 Å². The molecule has 8 heteroatoms. The number of aryl methyl sites for hydroxylation is 3. The topological polar surface area (TPSA) is 108 Å². The molecule has 2 unspecified atom stereocenters. The SMILES string of the molecule is CCCCCCN(C(=O)C(NC(=O)OC(C)(C)C)C(C)C)C(C(=O)Nc1c(C)cccc1C)c1cccc(C)c1O. The minimum atomic E-state index is -1.13. The molecule has 0 bridgehead atoms. The Kier molecular flexibility index (Phi) is 12.2. The van der Waals surface area contributed by atoms with E-state index in [9.17, 15) is 19.5 Å². The molecule has 226 valence electrons. The monoisotopic (exact) mass is 567 g/mol. The lowest BCUT2D eigenvalue weighted by Crippen LogP contribution is -2.54. The van der Waals surface area contributed by atoms with Crippen molar-refractivity contribution in [2.24, 2.45) is 5.92 Å². The van der Waals surface area contributed by atoms with E-state index in [0.717, 1.165) is 30.4 Å². The number of aromatic hydroxyl groups is 1. The number of anilines is 1. The summed E-state index contributed by atoms with van der Waals surface area (Å²) in [5, 5.41) is 16.9. The van der Waals surface area contributed by atoms with Gasteiger partial charge >= 0.3 is 6.09 Å². The van der Waals surface area contributed by atoms with E-state index in [0.29, 0.717) is 23.2 Å². The number of carbonyl (C=O) groups is 3. The molecule has 0 aliphatic heterocycles. The second kappa shape index (κ2) is 14.9. The van der Waals surface area contributed by atoms with E-state index in [4.69, 9.17) is 4.74 Å². The smallest absolute Gasteiger partial charge is 0.408 e. The summed E-state index contributed by atoms with van der Waals surface area (Å²) in [6.07, 6.45) is 2.83. The molecule has 2 atom stereocenters. The largest absolute Gasteiger partial charge is 0.507 e. The summed E-state index contributed by atoms with van der Waals surface area (Å²) < 4.78 is 5.45. The second-order valence-electron chi connectivity index (χ2n) is 12.1. The molecule has 2 aromatic rings. The van der Waals surface area contributed by atoms with Crippen molar-refractivity contribution in [3.8, 4) is 5.75 Å². The molecule has 0 aliphatic carbocycles. The first-order valence-corrected chi connectivity index (χ1v) is 14.6. The van der Waals surface area contributed by atoms with E-state index in [-0.39, 0.29) is 18.2 Å². The number of hydrogen-bond acceptors (Lipinski definition) is 5. The maximum atomic E-state index is 14.3. The van der Waals surface area contributed by atoms with Crippen LogP contribution in [0.25, 0.3) is 0 Å². The van der Waals surface area contributed by atoms with Crippen LogP contribution < -0.4 is 10.6 Å². The maximum absolute atomic E-state index is 14.3. The van der Waals surface area contributed by atoms with E-state index in [1.54, 1.807) is 45.9 Å². The number of carbonyl (C=O) groups excluding carboxylic acids is 3. The number of alkyl carbamates (subject to hydrolysis) is 1. The van der Waals surface area contributed by atoms with E-state index in [1.165, 1.54) is 4.90 Å². The summed E-state index contributed by atoms with van der Waals surface area (Å²) in [6.45, 7) is 16.9. The van der Waals surface area contributed by atoms with Crippen molar-refractivity contribution in [2.75, 3.05) is 11.9 Å². The fourth-order valence-corrected chi connectivity index (χ4v) is 4.76. The van der Waals surface area contributed by atoms with E-state index in [2.05, 4.69) is 17.6 Å². The molecule has 0 heterocycles. The van der Waals surface area contributed by atoms with Crippen LogP contribution in [0.4, 0.5) is 10.5 Å². The van der Waals surface area contributed by atoms with E-state index in [1.807, 2.05) is 45.9 Å². The summed E-state index contributed by atoms with van der Waals surface area (Å²) in [7, 11) is 0. The van der Waals surface area contributed by atoms with Gasteiger partial charge in [0.05, 0.1) is 0 Å². The zero-order valence-electron chi connectivity index (χ0n) is 26.3. The highest BCUT2D eigenvalue weighted by Crippen LogP contribution is 2.34. The molecular formula is C33H49N3O5. The standard InChI is InChI=1S/C33H49N3O5/c1-10-11-12-13-20-36(31(39)26(21(2)3)35-32(40)41-33(7,8)9)28(25-19-15-18-24(6)29(25)37)30(38)34-27-22(4)16-14-17-23(27)5/h14-19,21,26,28,37H,10-13,20H2,1-9H3,(H,34,38)(H,35,40). The molecule has 0 radical (unpaired) electrons. The fraction of sp³-hybridized carbons (Fsp3) is 0.545. The fourth-order valence-electron chi connectivity index (χ4n) is 4.76. The first-order valence-electron chi connectivity index (χ1n) is 14.6. The van der Waals surface area contributed by atoms with Crippen LogP contribution in [0, 0.1) is 26.7 Å². The highest BCUT2D eigenvalue weighted by molar-refractivity contribution is 6.00. The molecular weight excluding hydrogens is 518 g/mol. The zero-order valence-corrected chi connectivity index (χ0v) is 26.3. The predicted octanol–water partition coefficient (Wildman–Crippen LogP) is 6.96. The van der Waals surface area contributed by atoms with Gasteiger partial charge in [-0.25, -0.2) is 4.79 Å². The quantitative estimate of drug-likeness (QED) is 0.240. The Bertz CT molecular complexity index is 1180. The second-order valence-corrected chi connectivity index (χ2v) is 12.1. The summed E-state index contributed by atoms with van der Waals surface area (Å²) in [4.78, 5) is 42.8. The van der Waals surface area contributed by atoms with Crippen molar-refractivity contribution >= 4 is 23.6 Å². The number of amides is 3. The Hall–Kier alpha value is -3.55. The average molecular weight is 568 g/mol. The van der Waals surface area contributed by atoms with Gasteiger partial charge in [0.15, 0.2) is 0 Å². The Morgan fingerprint density at radius 1 is 0.927 bits per heavy atom. The van der Waals surface area contributed by atoms with E-state index >= 15 is 0 Å². The van der Waals surface area contributed by atoms with Crippen LogP contribution in [0.1, 0.15) is 95.5 Å². The normalized spacial score (nSPS) is 12.9. The van der Waals surface area contributed by atoms with Crippen molar-refractivity contribution < 1.29 is 24.2 Å². The Morgan fingerprint density at radius 2 is 1.51 bits per heavy atom. The van der Waals surface area contributed by atoms with Gasteiger partial charge in [0, 0.05) is 17.8 Å². The number of unbranched alkanes of at least 4 members (excludes halogenated alkanes) is 3. The molecule has 0 aromatic heterocycles. The molecule has 8 nitrogen and oxygen atoms in total. The van der Waals surface area contributed by atoms with Gasteiger partial charge in [0.1, 0.15) is 23.4 Å². The van der Waals surface area contributed by atoms with Crippen LogP contribution >= 0.6 is 0 Å². The van der Waals surface area contributed by atoms with Gasteiger partial charge in [0.2, 0.25) is 5.91 Å². The van der Waals surface area contributed by atoms with Crippen molar-refractivity contribution in [2.45, 2.75) is 106 Å². The summed E-state index contributed by atoms with van der Waals surface area (Å²) >= 11 is 0. The number of ether oxygens (including phenoxy) is 1. The van der Waals surface area contributed by atoms with Gasteiger partial charge in [0.25, 0.3) is 5.91 Å². The third-order valence-corrected chi connectivity index (χ3v) is 6.99. The first-order chi connectivity index (χ1) is 19.2. The summed E-state index contributed by atoms with van der Waals surface area (Å²) in [5.41, 5.74) is 2.63. The van der Waals surface area contributed by atoms with Crippen molar-refractivity contribution in [3.63, 3.8) is 0 Å². The number of benzene rings is 2. The minimum Gasteiger partial charge on any atom is -0.507 e. The molecule has 41 heavy (non-hydrogen) atoms. The van der Waals surface area contributed by atoms with Crippen LogP contribution in [0.5, 0.6) is 5.75 Å². The average Bonchev–Trinajstić information content (AvgIpc) is 2.87. The van der Waals surface area contributed by atoms with Gasteiger partial charge in [-0.05, 0) is 70.6 Å². The van der Waals surface area contributed by atoms with Gasteiger partial charge in [-0.3, -0.25) is 9.59 Å². The lowest BCUT2D eigenvalue weighted by Gasteiger charge is -2.36. The first kappa shape index (κ1) is 33.7. The molecule has 0 saturated carbocycles. The van der Waals surface area contributed by atoms with Crippen LogP contribution in [-0.2, 0) is 14.3 Å². The van der Waals surface area contributed by atoms with Crippen molar-refractivity contribution in [3.05, 3.63) is 58.7 Å². The predicted molar refractivity (Wildman–Crippen MR) is 164 cm³/mol. The Labute approximate surface area is 245 Å². The third-order valence-electron chi connectivity index (χ3n) is 6.99. The lowest BCUT2D eigenvalue weighted by atomic mass is 9.96. The van der Waals surface area contributed by atoms with Crippen LogP contribution in [0.15, 0.2) is 36.4 Å². The number of nitrogens with one attached hydrogen (secondary N) is 2. The number of phenols is 1.